The fourth-order valence-electron chi connectivity index (χ4n) is 2.34. The van der Waals surface area contributed by atoms with Crippen molar-refractivity contribution >= 4 is 28.3 Å². The van der Waals surface area contributed by atoms with Gasteiger partial charge in [0.25, 0.3) is 5.56 Å². The minimum atomic E-state index is -0.458. The van der Waals surface area contributed by atoms with E-state index in [1.807, 2.05) is 30.3 Å². The first-order valence-corrected chi connectivity index (χ1v) is 7.59. The molecule has 0 amide bonds. The maximum atomic E-state index is 12.5. The number of nitrogens with zero attached hydrogens (tertiary/aromatic N) is 3. The molecule has 0 atom stereocenters. The number of para-hydroxylation sites is 2. The zero-order valence-electron chi connectivity index (χ0n) is 12.4. The van der Waals surface area contributed by atoms with Gasteiger partial charge in [-0.05, 0) is 24.3 Å². The van der Waals surface area contributed by atoms with Crippen molar-refractivity contribution < 1.29 is 4.42 Å². The molecule has 0 spiro atoms. The van der Waals surface area contributed by atoms with Gasteiger partial charge >= 0.3 is 0 Å². The van der Waals surface area contributed by atoms with Crippen LogP contribution < -0.4 is 10.9 Å². The minimum absolute atomic E-state index is 0.0389. The molecule has 4 aromatic rings. The van der Waals surface area contributed by atoms with Crippen LogP contribution in [0.1, 0.15) is 5.76 Å². The second-order valence-corrected chi connectivity index (χ2v) is 5.48. The van der Waals surface area contributed by atoms with Gasteiger partial charge in [-0.2, -0.15) is 9.78 Å². The third-order valence-electron chi connectivity index (χ3n) is 3.53. The molecule has 120 valence electrons. The van der Waals surface area contributed by atoms with E-state index in [4.69, 9.17) is 16.0 Å². The number of furan rings is 1. The van der Waals surface area contributed by atoms with Crippen molar-refractivity contribution in [3.05, 3.63) is 70.0 Å². The van der Waals surface area contributed by atoms with Gasteiger partial charge < -0.3 is 14.7 Å². The topological polar surface area (TPSA) is 88.7 Å². The predicted octanol–water partition coefficient (Wildman–Crippen LogP) is 2.97. The van der Waals surface area contributed by atoms with Crippen LogP contribution in [0.5, 0.6) is 0 Å². The standard InChI is InChI=1S/C16H12ClN5O2/c17-14-13(18-8-10-4-3-7-24-10)9-19-22(15(14)23)16-20-11-5-1-2-6-12(11)21-16/h1-7,9,18H,8H2,(H,20,21). The lowest BCUT2D eigenvalue weighted by molar-refractivity contribution is 0.518. The molecular formula is C16H12ClN5O2. The van der Waals surface area contributed by atoms with Crippen molar-refractivity contribution in [3.8, 4) is 5.95 Å². The zero-order valence-corrected chi connectivity index (χ0v) is 13.1. The third kappa shape index (κ3) is 2.55. The number of imidazole rings is 1. The summed E-state index contributed by atoms with van der Waals surface area (Å²) in [6, 6.07) is 11.1. The monoisotopic (exact) mass is 341 g/mol. The summed E-state index contributed by atoms with van der Waals surface area (Å²) in [5, 5.41) is 7.21. The molecule has 0 saturated carbocycles. The average Bonchev–Trinajstić information content (AvgIpc) is 3.25. The Labute approximate surface area is 140 Å². The van der Waals surface area contributed by atoms with Crippen molar-refractivity contribution in [2.24, 2.45) is 0 Å². The van der Waals surface area contributed by atoms with Crippen LogP contribution in [0, 0.1) is 0 Å². The number of anilines is 1. The molecule has 0 aliphatic carbocycles. The second kappa shape index (κ2) is 5.86. The van der Waals surface area contributed by atoms with E-state index in [-0.39, 0.29) is 5.02 Å². The number of hydrogen-bond acceptors (Lipinski definition) is 5. The van der Waals surface area contributed by atoms with E-state index in [1.54, 1.807) is 12.3 Å². The molecule has 1 aromatic carbocycles. The molecule has 4 rings (SSSR count). The Morgan fingerprint density at radius 2 is 2.12 bits per heavy atom. The Balaban J connectivity index is 1.67. The van der Waals surface area contributed by atoms with Crippen molar-refractivity contribution in [3.63, 3.8) is 0 Å². The van der Waals surface area contributed by atoms with Gasteiger partial charge in [0.2, 0.25) is 5.95 Å². The molecule has 0 bridgehead atoms. The van der Waals surface area contributed by atoms with E-state index < -0.39 is 5.56 Å². The number of halogens is 1. The number of rotatable bonds is 4. The molecule has 0 unspecified atom stereocenters. The molecule has 0 saturated heterocycles. The van der Waals surface area contributed by atoms with E-state index >= 15 is 0 Å². The summed E-state index contributed by atoms with van der Waals surface area (Å²) in [6.45, 7) is 0.405. The van der Waals surface area contributed by atoms with Gasteiger partial charge in [0.15, 0.2) is 0 Å². The number of hydrogen-bond donors (Lipinski definition) is 2. The predicted molar refractivity (Wildman–Crippen MR) is 90.5 cm³/mol. The van der Waals surface area contributed by atoms with Crippen LogP contribution in [0.2, 0.25) is 5.02 Å². The van der Waals surface area contributed by atoms with Crippen LogP contribution in [0.15, 0.2) is 58.1 Å². The van der Waals surface area contributed by atoms with Gasteiger partial charge in [-0.15, -0.1) is 0 Å². The van der Waals surface area contributed by atoms with E-state index in [2.05, 4.69) is 20.4 Å². The van der Waals surface area contributed by atoms with Gasteiger partial charge in [0.1, 0.15) is 10.8 Å². The Bertz CT molecular complexity index is 1020. The summed E-state index contributed by atoms with van der Waals surface area (Å²) in [4.78, 5) is 19.9. The van der Waals surface area contributed by atoms with Crippen molar-refractivity contribution in [2.75, 3.05) is 5.32 Å². The second-order valence-electron chi connectivity index (χ2n) is 5.10. The minimum Gasteiger partial charge on any atom is -0.467 e. The van der Waals surface area contributed by atoms with Crippen molar-refractivity contribution in [2.45, 2.75) is 6.54 Å². The molecule has 0 aliphatic rings. The largest absolute Gasteiger partial charge is 0.467 e. The van der Waals surface area contributed by atoms with Crippen LogP contribution in [-0.2, 0) is 6.54 Å². The smallest absolute Gasteiger partial charge is 0.295 e. The Morgan fingerprint density at radius 3 is 2.92 bits per heavy atom. The lowest BCUT2D eigenvalue weighted by atomic mass is 10.3. The lowest BCUT2D eigenvalue weighted by Gasteiger charge is -2.07. The van der Waals surface area contributed by atoms with Crippen LogP contribution >= 0.6 is 11.6 Å². The molecule has 7 nitrogen and oxygen atoms in total. The fraction of sp³-hybridized carbons (Fsp3) is 0.0625. The number of benzene rings is 1. The Morgan fingerprint density at radius 1 is 1.25 bits per heavy atom. The van der Waals surface area contributed by atoms with Crippen molar-refractivity contribution in [1.29, 1.82) is 0 Å². The zero-order chi connectivity index (χ0) is 16.5. The van der Waals surface area contributed by atoms with E-state index in [1.165, 1.54) is 6.20 Å². The highest BCUT2D eigenvalue weighted by Gasteiger charge is 2.13. The van der Waals surface area contributed by atoms with Gasteiger partial charge in [-0.1, -0.05) is 23.7 Å². The Hall–Kier alpha value is -3.06. The van der Waals surface area contributed by atoms with E-state index in [9.17, 15) is 4.79 Å². The summed E-state index contributed by atoms with van der Waals surface area (Å²) in [5.41, 5.74) is 1.54. The van der Waals surface area contributed by atoms with Crippen LogP contribution in [0.3, 0.4) is 0 Å². The molecule has 3 heterocycles. The number of fused-ring (bicyclic) bond motifs is 1. The molecule has 2 N–H and O–H groups in total. The molecular weight excluding hydrogens is 330 g/mol. The van der Waals surface area contributed by atoms with Gasteiger partial charge in [-0.3, -0.25) is 4.79 Å². The fourth-order valence-corrected chi connectivity index (χ4v) is 2.54. The molecule has 24 heavy (non-hydrogen) atoms. The maximum absolute atomic E-state index is 12.5. The molecule has 0 fully saturated rings. The number of aromatic nitrogens is 4. The summed E-state index contributed by atoms with van der Waals surface area (Å²) in [7, 11) is 0. The first-order valence-electron chi connectivity index (χ1n) is 7.21. The number of aromatic amines is 1. The van der Waals surface area contributed by atoms with Gasteiger partial charge in [0, 0.05) is 0 Å². The van der Waals surface area contributed by atoms with E-state index in [0.29, 0.717) is 18.2 Å². The third-order valence-corrected chi connectivity index (χ3v) is 3.89. The summed E-state index contributed by atoms with van der Waals surface area (Å²) in [6.07, 6.45) is 3.07. The first kappa shape index (κ1) is 14.5. The number of nitrogens with one attached hydrogen (secondary N) is 2. The lowest BCUT2D eigenvalue weighted by Crippen LogP contribution is -2.23. The van der Waals surface area contributed by atoms with Gasteiger partial charge in [-0.25, -0.2) is 4.98 Å². The molecule has 3 aromatic heterocycles. The van der Waals surface area contributed by atoms with Crippen LogP contribution in [0.25, 0.3) is 17.0 Å². The summed E-state index contributed by atoms with van der Waals surface area (Å²) >= 11 is 6.18. The average molecular weight is 342 g/mol. The Kier molecular flexibility index (Phi) is 3.55. The molecule has 8 heteroatoms. The van der Waals surface area contributed by atoms with Gasteiger partial charge in [0.05, 0.1) is 35.7 Å². The highest BCUT2D eigenvalue weighted by Crippen LogP contribution is 2.18. The maximum Gasteiger partial charge on any atom is 0.295 e. The van der Waals surface area contributed by atoms with Crippen LogP contribution in [0.4, 0.5) is 5.69 Å². The number of H-pyrrole nitrogens is 1. The first-order chi connectivity index (χ1) is 11.7. The van der Waals surface area contributed by atoms with Crippen LogP contribution in [-0.4, -0.2) is 19.7 Å². The summed E-state index contributed by atoms with van der Waals surface area (Å²) < 4.78 is 6.37. The normalized spacial score (nSPS) is 11.0. The SMILES string of the molecule is O=c1c(Cl)c(NCc2ccco2)cnn1-c1nc2ccccc2[nH]1. The highest BCUT2D eigenvalue weighted by molar-refractivity contribution is 6.32. The molecule has 0 radical (unpaired) electrons. The highest BCUT2D eigenvalue weighted by atomic mass is 35.5. The van der Waals surface area contributed by atoms with Crippen molar-refractivity contribution in [1.82, 2.24) is 19.7 Å². The summed E-state index contributed by atoms with van der Waals surface area (Å²) in [5.74, 6) is 1.05. The van der Waals surface area contributed by atoms with E-state index in [0.717, 1.165) is 21.5 Å². The molecule has 0 aliphatic heterocycles. The quantitative estimate of drug-likeness (QED) is 0.595.